The Bertz CT molecular complexity index is 1710. The first kappa shape index (κ1) is 33.3. The molecule has 0 saturated carbocycles. The van der Waals surface area contributed by atoms with Gasteiger partial charge in [-0.05, 0) is 61.0 Å². The largest absolute Gasteiger partial charge is 0.573 e. The Kier molecular flexibility index (Phi) is 8.48. The molecule has 2 aromatic carbocycles. The number of aryl methyl sites for hydroxylation is 1. The van der Waals surface area contributed by atoms with E-state index < -0.39 is 77.2 Å². The molecule has 2 aliphatic rings. The Morgan fingerprint density at radius 3 is 2.17 bits per heavy atom. The standard InChI is InChI=1S/C29H21F9N4O5/c1-14-8-18(47-29(36,37)38)2-5-22(14)46-13-23(43)41-6-7-42-21(12-41)25(44)40-20-4-3-19(39-24(20)26(42)45)15-9-16(27(30,31)32)11-17(10-15)28(33,34)35/h2-5,8-11,21H,6-7,12-13H2,1H3,(H,40,44). The van der Waals surface area contributed by atoms with E-state index in [0.29, 0.717) is 12.1 Å². The van der Waals surface area contributed by atoms with Gasteiger partial charge in [-0.1, -0.05) is 0 Å². The van der Waals surface area contributed by atoms with Gasteiger partial charge in [-0.25, -0.2) is 4.98 Å². The number of nitrogens with one attached hydrogen (secondary N) is 1. The van der Waals surface area contributed by atoms with Gasteiger partial charge in [0.15, 0.2) is 12.3 Å². The van der Waals surface area contributed by atoms with Crippen LogP contribution in [0.5, 0.6) is 11.5 Å². The monoisotopic (exact) mass is 676 g/mol. The predicted molar refractivity (Wildman–Crippen MR) is 143 cm³/mol. The van der Waals surface area contributed by atoms with Crippen LogP contribution in [0.4, 0.5) is 45.2 Å². The van der Waals surface area contributed by atoms with Crippen LogP contribution in [0.3, 0.4) is 0 Å². The van der Waals surface area contributed by atoms with Crippen molar-refractivity contribution in [2.45, 2.75) is 31.7 Å². The summed E-state index contributed by atoms with van der Waals surface area (Å²) in [5.41, 5.74) is -4.44. The molecule has 2 aliphatic heterocycles. The number of nitrogens with zero attached hydrogens (tertiary/aromatic N) is 3. The van der Waals surface area contributed by atoms with Crippen molar-refractivity contribution in [2.24, 2.45) is 0 Å². The number of carbonyl (C=O) groups is 3. The number of amides is 3. The zero-order valence-electron chi connectivity index (χ0n) is 23.8. The van der Waals surface area contributed by atoms with Gasteiger partial charge in [0.25, 0.3) is 11.8 Å². The fourth-order valence-corrected chi connectivity index (χ4v) is 5.03. The minimum Gasteiger partial charge on any atom is -0.483 e. The van der Waals surface area contributed by atoms with Crippen molar-refractivity contribution in [3.63, 3.8) is 0 Å². The van der Waals surface area contributed by atoms with E-state index in [4.69, 9.17) is 4.74 Å². The zero-order chi connectivity index (χ0) is 34.5. The minimum atomic E-state index is -5.12. The molecule has 5 rings (SSSR count). The predicted octanol–water partition coefficient (Wildman–Crippen LogP) is 5.68. The van der Waals surface area contributed by atoms with Gasteiger partial charge in [-0.15, -0.1) is 13.2 Å². The number of benzene rings is 2. The molecule has 3 aromatic rings. The van der Waals surface area contributed by atoms with Crippen molar-refractivity contribution in [3.05, 3.63) is 70.9 Å². The summed E-state index contributed by atoms with van der Waals surface area (Å²) in [7, 11) is 0. The average molecular weight is 676 g/mol. The third-order valence-corrected chi connectivity index (χ3v) is 7.27. The molecular formula is C29H21F9N4O5. The van der Waals surface area contributed by atoms with Crippen LogP contribution in [0.15, 0.2) is 48.5 Å². The molecule has 1 atom stereocenters. The average Bonchev–Trinajstić information content (AvgIpc) is 3.07. The number of anilines is 1. The maximum atomic E-state index is 13.5. The van der Waals surface area contributed by atoms with Gasteiger partial charge in [0.1, 0.15) is 17.5 Å². The lowest BCUT2D eigenvalue weighted by Crippen LogP contribution is -2.60. The molecule has 0 spiro atoms. The molecule has 0 aliphatic carbocycles. The Morgan fingerprint density at radius 2 is 1.57 bits per heavy atom. The van der Waals surface area contributed by atoms with E-state index in [2.05, 4.69) is 15.0 Å². The number of hydrogen-bond acceptors (Lipinski definition) is 6. The molecule has 1 aromatic heterocycles. The Hall–Kier alpha value is -5.03. The van der Waals surface area contributed by atoms with Crippen molar-refractivity contribution in [3.8, 4) is 22.8 Å². The molecule has 47 heavy (non-hydrogen) atoms. The number of piperazine rings is 1. The number of hydrogen-bond donors (Lipinski definition) is 1. The first-order valence-electron chi connectivity index (χ1n) is 13.5. The minimum absolute atomic E-state index is 0.0425. The van der Waals surface area contributed by atoms with E-state index in [1.807, 2.05) is 0 Å². The number of rotatable bonds is 5. The molecule has 3 amide bonds. The van der Waals surface area contributed by atoms with E-state index >= 15 is 0 Å². The summed E-state index contributed by atoms with van der Waals surface area (Å²) in [4.78, 5) is 45.9. The van der Waals surface area contributed by atoms with Crippen LogP contribution in [0, 0.1) is 6.92 Å². The van der Waals surface area contributed by atoms with E-state index in [1.165, 1.54) is 17.9 Å². The second-order valence-electron chi connectivity index (χ2n) is 10.5. The number of ether oxygens (including phenoxy) is 2. The first-order chi connectivity index (χ1) is 21.8. The van der Waals surface area contributed by atoms with Crippen LogP contribution in [0.25, 0.3) is 11.3 Å². The van der Waals surface area contributed by atoms with E-state index in [1.54, 1.807) is 0 Å². The molecule has 1 unspecified atom stereocenters. The Labute approximate surface area is 258 Å². The van der Waals surface area contributed by atoms with Gasteiger partial charge in [-0.2, -0.15) is 26.3 Å². The third-order valence-electron chi connectivity index (χ3n) is 7.27. The van der Waals surface area contributed by atoms with Crippen LogP contribution in [-0.2, 0) is 21.9 Å². The number of pyridine rings is 1. The van der Waals surface area contributed by atoms with Gasteiger partial charge in [0, 0.05) is 18.7 Å². The summed E-state index contributed by atoms with van der Waals surface area (Å²) in [6.07, 6.45) is -15.1. The van der Waals surface area contributed by atoms with Crippen molar-refractivity contribution < 1.29 is 63.4 Å². The highest BCUT2D eigenvalue weighted by Crippen LogP contribution is 2.39. The van der Waals surface area contributed by atoms with Gasteiger partial charge >= 0.3 is 18.7 Å². The quantitative estimate of drug-likeness (QED) is 0.350. The van der Waals surface area contributed by atoms with Crippen molar-refractivity contribution in [1.82, 2.24) is 14.8 Å². The molecule has 1 saturated heterocycles. The summed E-state index contributed by atoms with van der Waals surface area (Å²) in [5, 5.41) is 2.46. The van der Waals surface area contributed by atoms with Crippen molar-refractivity contribution in [1.29, 1.82) is 0 Å². The second-order valence-corrected chi connectivity index (χ2v) is 10.5. The van der Waals surface area contributed by atoms with Crippen LogP contribution in [0.1, 0.15) is 27.2 Å². The van der Waals surface area contributed by atoms with Crippen LogP contribution >= 0.6 is 0 Å². The summed E-state index contributed by atoms with van der Waals surface area (Å²) < 4.78 is 127. The number of carbonyl (C=O) groups excluding carboxylic acids is 3. The highest BCUT2D eigenvalue weighted by Gasteiger charge is 2.42. The fourth-order valence-electron chi connectivity index (χ4n) is 5.03. The van der Waals surface area contributed by atoms with Crippen LogP contribution in [-0.4, -0.2) is 71.2 Å². The first-order valence-corrected chi connectivity index (χ1v) is 13.5. The number of halogens is 9. The van der Waals surface area contributed by atoms with Gasteiger partial charge < -0.3 is 24.6 Å². The zero-order valence-corrected chi connectivity index (χ0v) is 23.8. The number of aromatic nitrogens is 1. The summed E-state index contributed by atoms with van der Waals surface area (Å²) in [6, 6.07) is 5.07. The second kappa shape index (κ2) is 12.0. The molecule has 3 heterocycles. The van der Waals surface area contributed by atoms with Crippen molar-refractivity contribution >= 4 is 23.4 Å². The Morgan fingerprint density at radius 1 is 0.915 bits per heavy atom. The number of fused-ring (bicyclic) bond motifs is 2. The molecule has 9 nitrogen and oxygen atoms in total. The number of alkyl halides is 9. The lowest BCUT2D eigenvalue weighted by molar-refractivity contribution is -0.274. The van der Waals surface area contributed by atoms with Crippen molar-refractivity contribution in [2.75, 3.05) is 31.6 Å². The SMILES string of the molecule is Cc1cc(OC(F)(F)F)ccc1OCC(=O)N1CCN2C(=O)c3nc(-c4cc(C(F)(F)F)cc(C(F)(F)F)c4)ccc3NC(=O)C2C1. The van der Waals surface area contributed by atoms with E-state index in [-0.39, 0.29) is 48.4 Å². The van der Waals surface area contributed by atoms with Crippen LogP contribution in [0.2, 0.25) is 0 Å². The topological polar surface area (TPSA) is 101 Å². The lowest BCUT2D eigenvalue weighted by Gasteiger charge is -2.39. The maximum absolute atomic E-state index is 13.5. The molecule has 18 heteroatoms. The molecule has 1 fully saturated rings. The third kappa shape index (κ3) is 7.36. The normalized spacial score (nSPS) is 17.0. The Balaban J connectivity index is 1.32. The lowest BCUT2D eigenvalue weighted by atomic mass is 10.0. The summed E-state index contributed by atoms with van der Waals surface area (Å²) >= 11 is 0. The maximum Gasteiger partial charge on any atom is 0.573 e. The molecular weight excluding hydrogens is 655 g/mol. The summed E-state index contributed by atoms with van der Waals surface area (Å²) in [5.74, 6) is -2.60. The highest BCUT2D eigenvalue weighted by atomic mass is 19.4. The molecule has 0 bridgehead atoms. The molecule has 0 radical (unpaired) electrons. The highest BCUT2D eigenvalue weighted by molar-refractivity contribution is 6.09. The van der Waals surface area contributed by atoms with Gasteiger partial charge in [-0.3, -0.25) is 14.4 Å². The van der Waals surface area contributed by atoms with E-state index in [9.17, 15) is 53.9 Å². The molecule has 1 N–H and O–H groups in total. The molecule has 250 valence electrons. The van der Waals surface area contributed by atoms with E-state index in [0.717, 1.165) is 29.2 Å². The smallest absolute Gasteiger partial charge is 0.483 e. The fraction of sp³-hybridized carbons (Fsp3) is 0.310. The van der Waals surface area contributed by atoms with Crippen LogP contribution < -0.4 is 14.8 Å². The van der Waals surface area contributed by atoms with Gasteiger partial charge in [0.05, 0.1) is 29.1 Å². The van der Waals surface area contributed by atoms with Gasteiger partial charge in [0.2, 0.25) is 5.91 Å². The summed E-state index contributed by atoms with van der Waals surface area (Å²) in [6.45, 7) is 0.277.